The Morgan fingerprint density at radius 1 is 1.24 bits per heavy atom. The average Bonchev–Trinajstić information content (AvgIpc) is 2.72. The zero-order valence-corrected chi connectivity index (χ0v) is 11.4. The van der Waals surface area contributed by atoms with E-state index in [1.165, 1.54) is 6.08 Å². The minimum Gasteiger partial charge on any atom is -0.447 e. The molecule has 4 atom stereocenters. The lowest BCUT2D eigenvalue weighted by Crippen LogP contribution is -2.62. The third-order valence-corrected chi connectivity index (χ3v) is 5.07. The summed E-state index contributed by atoms with van der Waals surface area (Å²) in [6.07, 6.45) is 3.30. The molecule has 0 spiro atoms. The van der Waals surface area contributed by atoms with E-state index in [1.807, 2.05) is 12.1 Å². The Balaban J connectivity index is 2.32. The summed E-state index contributed by atoms with van der Waals surface area (Å²) in [7, 11) is 0. The lowest BCUT2D eigenvalue weighted by Gasteiger charge is -2.50. The molecular formula is C15H14N4O2. The first-order chi connectivity index (χ1) is 10.1. The second kappa shape index (κ2) is 4.07. The molecule has 1 aliphatic carbocycles. The van der Waals surface area contributed by atoms with Crippen molar-refractivity contribution in [3.05, 3.63) is 12.7 Å². The monoisotopic (exact) mass is 282 g/mol. The molecule has 3 fully saturated rings. The van der Waals surface area contributed by atoms with Crippen LogP contribution in [0.3, 0.4) is 0 Å². The molecule has 6 nitrogen and oxygen atoms in total. The Hall–Kier alpha value is -2.36. The van der Waals surface area contributed by atoms with Crippen molar-refractivity contribution in [1.29, 1.82) is 21.2 Å². The topological polar surface area (TPSA) is 114 Å². The summed E-state index contributed by atoms with van der Waals surface area (Å²) in [5.41, 5.74) is -3.39. The fourth-order valence-electron chi connectivity index (χ4n) is 4.11. The molecule has 2 heterocycles. The van der Waals surface area contributed by atoms with Gasteiger partial charge in [-0.1, -0.05) is 12.5 Å². The highest BCUT2D eigenvalue weighted by Gasteiger charge is 2.79. The number of nitrogens with one attached hydrogen (secondary N) is 1. The Kier molecular flexibility index (Phi) is 2.64. The average molecular weight is 282 g/mol. The number of rotatable bonds is 1. The van der Waals surface area contributed by atoms with Gasteiger partial charge in [-0.05, 0) is 12.8 Å². The van der Waals surface area contributed by atoms with E-state index in [2.05, 4.69) is 12.6 Å². The van der Waals surface area contributed by atoms with Crippen LogP contribution < -0.4 is 0 Å². The number of hydrogen-bond acceptors (Lipinski definition) is 6. The van der Waals surface area contributed by atoms with E-state index in [9.17, 15) is 15.8 Å². The maximum atomic E-state index is 9.82. The number of nitrogens with zero attached hydrogens (tertiary/aromatic N) is 3. The van der Waals surface area contributed by atoms with Gasteiger partial charge in [0.05, 0.1) is 24.1 Å². The summed E-state index contributed by atoms with van der Waals surface area (Å²) in [5.74, 6) is -1.85. The molecule has 6 heteroatoms. The lowest BCUT2D eigenvalue weighted by molar-refractivity contribution is -0.280. The van der Waals surface area contributed by atoms with Gasteiger partial charge in [0, 0.05) is 6.42 Å². The summed E-state index contributed by atoms with van der Waals surface area (Å²) >= 11 is 0. The molecule has 2 aliphatic heterocycles. The summed E-state index contributed by atoms with van der Waals surface area (Å²) in [6, 6.07) is 5.98. The van der Waals surface area contributed by atoms with Crippen LogP contribution in [0, 0.1) is 56.2 Å². The summed E-state index contributed by atoms with van der Waals surface area (Å²) in [5, 5.41) is 37.3. The van der Waals surface area contributed by atoms with Crippen LogP contribution in [0.1, 0.15) is 25.7 Å². The molecule has 0 aromatic heterocycles. The number of hydrogen-bond donors (Lipinski definition) is 1. The van der Waals surface area contributed by atoms with Crippen molar-refractivity contribution in [3.63, 3.8) is 0 Å². The van der Waals surface area contributed by atoms with E-state index in [4.69, 9.17) is 14.9 Å². The van der Waals surface area contributed by atoms with Gasteiger partial charge in [-0.3, -0.25) is 5.41 Å². The van der Waals surface area contributed by atoms with Gasteiger partial charge in [0.1, 0.15) is 6.10 Å². The smallest absolute Gasteiger partial charge is 0.217 e. The van der Waals surface area contributed by atoms with Crippen molar-refractivity contribution in [2.45, 2.75) is 37.6 Å². The molecule has 0 radical (unpaired) electrons. The van der Waals surface area contributed by atoms with Crippen molar-refractivity contribution in [2.24, 2.45) is 16.7 Å². The SMILES string of the molecule is C=CC1OC23CCCCC2C(C#N)(C(=N)O3)C1(C#N)C#N. The van der Waals surface area contributed by atoms with Gasteiger partial charge in [0.25, 0.3) is 0 Å². The summed E-state index contributed by atoms with van der Waals surface area (Å²) in [4.78, 5) is 0. The largest absolute Gasteiger partial charge is 0.447 e. The first kappa shape index (κ1) is 13.6. The van der Waals surface area contributed by atoms with E-state index in [0.717, 1.165) is 12.8 Å². The summed E-state index contributed by atoms with van der Waals surface area (Å²) in [6.45, 7) is 3.63. The highest BCUT2D eigenvalue weighted by Crippen LogP contribution is 2.66. The number of nitriles is 3. The van der Waals surface area contributed by atoms with Crippen LogP contribution >= 0.6 is 0 Å². The van der Waals surface area contributed by atoms with E-state index < -0.39 is 28.6 Å². The maximum Gasteiger partial charge on any atom is 0.217 e. The van der Waals surface area contributed by atoms with Crippen LogP contribution in [0.15, 0.2) is 12.7 Å². The van der Waals surface area contributed by atoms with Gasteiger partial charge in [0.2, 0.25) is 17.1 Å². The van der Waals surface area contributed by atoms with E-state index >= 15 is 0 Å². The molecule has 2 bridgehead atoms. The van der Waals surface area contributed by atoms with Crippen molar-refractivity contribution >= 4 is 5.90 Å². The Morgan fingerprint density at radius 2 is 1.95 bits per heavy atom. The molecule has 3 rings (SSSR count). The highest BCUT2D eigenvalue weighted by molar-refractivity contribution is 5.89. The van der Waals surface area contributed by atoms with Crippen LogP contribution in [-0.4, -0.2) is 17.8 Å². The van der Waals surface area contributed by atoms with Gasteiger partial charge < -0.3 is 9.47 Å². The minimum absolute atomic E-state index is 0.315. The Bertz CT molecular complexity index is 638. The van der Waals surface area contributed by atoms with Crippen molar-refractivity contribution in [3.8, 4) is 18.2 Å². The zero-order chi connectivity index (χ0) is 15.3. The Labute approximate surface area is 122 Å². The van der Waals surface area contributed by atoms with Crippen molar-refractivity contribution in [2.75, 3.05) is 0 Å². The molecule has 0 aromatic rings. The second-order valence-electron chi connectivity index (χ2n) is 5.77. The van der Waals surface area contributed by atoms with Crippen LogP contribution in [0.5, 0.6) is 0 Å². The Morgan fingerprint density at radius 3 is 2.52 bits per heavy atom. The highest BCUT2D eigenvalue weighted by atomic mass is 16.7. The molecule has 4 unspecified atom stereocenters. The maximum absolute atomic E-state index is 9.82. The normalized spacial score (nSPS) is 42.6. The van der Waals surface area contributed by atoms with Crippen LogP contribution in [0.25, 0.3) is 0 Å². The van der Waals surface area contributed by atoms with Crippen molar-refractivity contribution < 1.29 is 9.47 Å². The molecule has 106 valence electrons. The first-order valence-corrected chi connectivity index (χ1v) is 6.89. The van der Waals surface area contributed by atoms with Crippen LogP contribution in [0.2, 0.25) is 0 Å². The molecule has 0 amide bonds. The fraction of sp³-hybridized carbons (Fsp3) is 0.600. The molecule has 21 heavy (non-hydrogen) atoms. The predicted molar refractivity (Wildman–Crippen MR) is 70.3 cm³/mol. The van der Waals surface area contributed by atoms with Gasteiger partial charge in [-0.2, -0.15) is 15.8 Å². The quantitative estimate of drug-likeness (QED) is 0.739. The van der Waals surface area contributed by atoms with Gasteiger partial charge in [-0.25, -0.2) is 0 Å². The molecule has 1 saturated carbocycles. The van der Waals surface area contributed by atoms with Crippen molar-refractivity contribution in [1.82, 2.24) is 0 Å². The van der Waals surface area contributed by atoms with Gasteiger partial charge in [0.15, 0.2) is 5.41 Å². The lowest BCUT2D eigenvalue weighted by atomic mass is 9.52. The zero-order valence-electron chi connectivity index (χ0n) is 11.4. The molecular weight excluding hydrogens is 268 g/mol. The third kappa shape index (κ3) is 1.21. The van der Waals surface area contributed by atoms with Gasteiger partial charge >= 0.3 is 0 Å². The van der Waals surface area contributed by atoms with Crippen LogP contribution in [0.4, 0.5) is 0 Å². The minimum atomic E-state index is -1.80. The van der Waals surface area contributed by atoms with Crippen LogP contribution in [-0.2, 0) is 9.47 Å². The molecule has 1 N–H and O–H groups in total. The van der Waals surface area contributed by atoms with E-state index in [1.54, 1.807) is 0 Å². The fourth-order valence-corrected chi connectivity index (χ4v) is 4.11. The number of ether oxygens (including phenoxy) is 2. The summed E-state index contributed by atoms with van der Waals surface area (Å²) < 4.78 is 11.6. The molecule has 3 aliphatic rings. The standard InChI is InChI=1S/C15H14N4O2/c1-2-11-13(7-16,8-17)14(9-18)10-5-3-4-6-15(10,20-11)21-12(14)19/h2,10-11,19H,1,3-6H2. The third-order valence-electron chi connectivity index (χ3n) is 5.07. The molecule has 2 saturated heterocycles. The first-order valence-electron chi connectivity index (χ1n) is 6.89. The second-order valence-corrected chi connectivity index (χ2v) is 5.77. The molecule has 0 aromatic carbocycles. The van der Waals surface area contributed by atoms with E-state index in [0.29, 0.717) is 12.8 Å². The predicted octanol–water partition coefficient (Wildman–Crippen LogP) is 2.01. The van der Waals surface area contributed by atoms with Gasteiger partial charge in [-0.15, -0.1) is 6.58 Å². The van der Waals surface area contributed by atoms with E-state index in [-0.39, 0.29) is 5.90 Å².